The zero-order valence-corrected chi connectivity index (χ0v) is 10.4. The first-order valence-corrected chi connectivity index (χ1v) is 6.06. The summed E-state index contributed by atoms with van der Waals surface area (Å²) in [5, 5.41) is 3.19. The van der Waals surface area contributed by atoms with Crippen molar-refractivity contribution in [3.05, 3.63) is 22.7 Å². The van der Waals surface area contributed by atoms with Gasteiger partial charge in [-0.15, -0.1) is 11.3 Å². The Hall–Kier alpha value is -1.42. The van der Waals surface area contributed by atoms with Crippen LogP contribution in [0.4, 0.5) is 0 Å². The average molecular weight is 235 g/mol. The quantitative estimate of drug-likeness (QED) is 0.751. The van der Waals surface area contributed by atoms with E-state index in [1.165, 1.54) is 11.6 Å². The lowest BCUT2D eigenvalue weighted by Crippen LogP contribution is -2.06. The van der Waals surface area contributed by atoms with Gasteiger partial charge in [-0.05, 0) is 24.8 Å². The molecule has 0 bridgehead atoms. The number of pyridine rings is 1. The summed E-state index contributed by atoms with van der Waals surface area (Å²) in [6.07, 6.45) is 0.809. The van der Waals surface area contributed by atoms with Crippen molar-refractivity contribution in [3.8, 4) is 5.88 Å². The lowest BCUT2D eigenvalue weighted by Gasteiger charge is -2.09. The maximum atomic E-state index is 11.0. The van der Waals surface area contributed by atoms with Gasteiger partial charge in [-0.1, -0.05) is 6.92 Å². The highest BCUT2D eigenvalue weighted by Gasteiger charge is 2.13. The molecule has 0 saturated carbocycles. The zero-order valence-electron chi connectivity index (χ0n) is 9.53. The maximum absolute atomic E-state index is 11.0. The molecule has 0 amide bonds. The molecule has 0 fully saturated rings. The van der Waals surface area contributed by atoms with Gasteiger partial charge in [-0.2, -0.15) is 0 Å². The van der Waals surface area contributed by atoms with Gasteiger partial charge in [0, 0.05) is 17.9 Å². The number of thiophene rings is 1. The first-order chi connectivity index (χ1) is 7.63. The molecule has 2 aromatic heterocycles. The van der Waals surface area contributed by atoms with Crippen LogP contribution < -0.4 is 4.74 Å². The molecule has 0 unspecified atom stereocenters. The Morgan fingerprint density at radius 1 is 1.56 bits per heavy atom. The van der Waals surface area contributed by atoms with Gasteiger partial charge in [-0.25, -0.2) is 4.98 Å². The van der Waals surface area contributed by atoms with Crippen LogP contribution in [0.1, 0.15) is 25.1 Å². The minimum absolute atomic E-state index is 0.323. The molecule has 0 aliphatic carbocycles. The van der Waals surface area contributed by atoms with Crippen molar-refractivity contribution in [2.75, 3.05) is 0 Å². The number of esters is 1. The van der Waals surface area contributed by atoms with E-state index in [2.05, 4.69) is 11.1 Å². The van der Waals surface area contributed by atoms with Crippen LogP contribution in [0, 0.1) is 6.92 Å². The lowest BCUT2D eigenvalue weighted by atomic mass is 10.1. The molecular weight excluding hydrogens is 222 g/mol. The molecule has 0 aromatic carbocycles. The Morgan fingerprint density at radius 2 is 2.31 bits per heavy atom. The van der Waals surface area contributed by atoms with Crippen LogP contribution in [0.3, 0.4) is 0 Å². The predicted octanol–water partition coefficient (Wildman–Crippen LogP) is 3.09. The second-order valence-corrected chi connectivity index (χ2v) is 4.51. The number of aryl methyl sites for hydroxylation is 2. The Morgan fingerprint density at radius 3 is 2.94 bits per heavy atom. The smallest absolute Gasteiger partial charge is 0.309 e. The van der Waals surface area contributed by atoms with E-state index in [0.29, 0.717) is 5.88 Å². The number of ether oxygens (including phenoxy) is 1. The topological polar surface area (TPSA) is 39.2 Å². The minimum atomic E-state index is -0.323. The van der Waals surface area contributed by atoms with Gasteiger partial charge in [0.2, 0.25) is 5.88 Å². The first-order valence-electron chi connectivity index (χ1n) is 5.18. The zero-order chi connectivity index (χ0) is 11.7. The van der Waals surface area contributed by atoms with Crippen molar-refractivity contribution in [2.24, 2.45) is 0 Å². The monoisotopic (exact) mass is 235 g/mol. The van der Waals surface area contributed by atoms with Gasteiger partial charge in [0.25, 0.3) is 0 Å². The molecule has 2 heterocycles. The summed E-state index contributed by atoms with van der Waals surface area (Å²) < 4.78 is 6.32. The number of carbonyl (C=O) groups excluding carboxylic acids is 1. The number of aromatic nitrogens is 1. The molecule has 0 saturated heterocycles. The van der Waals surface area contributed by atoms with E-state index in [1.807, 2.05) is 19.2 Å². The molecule has 0 aliphatic rings. The number of carbonyl (C=O) groups is 1. The summed E-state index contributed by atoms with van der Waals surface area (Å²) >= 11 is 1.67. The fraction of sp³-hybridized carbons (Fsp3) is 0.333. The molecule has 2 aromatic rings. The Balaban J connectivity index is 2.68. The van der Waals surface area contributed by atoms with Crippen LogP contribution in [0.15, 0.2) is 11.4 Å². The van der Waals surface area contributed by atoms with Crippen LogP contribution in [0.2, 0.25) is 0 Å². The van der Waals surface area contributed by atoms with Crippen molar-refractivity contribution < 1.29 is 9.53 Å². The summed E-state index contributed by atoms with van der Waals surface area (Å²) in [6.45, 7) is 5.37. The summed E-state index contributed by atoms with van der Waals surface area (Å²) in [7, 11) is 0. The van der Waals surface area contributed by atoms with E-state index in [1.54, 1.807) is 11.3 Å². The van der Waals surface area contributed by atoms with Crippen molar-refractivity contribution in [2.45, 2.75) is 27.2 Å². The molecular formula is C12H13NO2S. The molecule has 84 valence electrons. The van der Waals surface area contributed by atoms with Crippen LogP contribution in [0.5, 0.6) is 5.88 Å². The third kappa shape index (κ3) is 1.80. The first kappa shape index (κ1) is 11.1. The molecule has 0 atom stereocenters. The van der Waals surface area contributed by atoms with Crippen molar-refractivity contribution in [1.29, 1.82) is 0 Å². The summed E-state index contributed by atoms with van der Waals surface area (Å²) in [5.41, 5.74) is 1.93. The molecule has 3 nitrogen and oxygen atoms in total. The third-order valence-corrected chi connectivity index (χ3v) is 3.46. The molecule has 0 radical (unpaired) electrons. The van der Waals surface area contributed by atoms with Crippen molar-refractivity contribution >= 4 is 27.4 Å². The number of rotatable bonds is 2. The number of fused-ring (bicyclic) bond motifs is 1. The normalized spacial score (nSPS) is 10.7. The van der Waals surface area contributed by atoms with Gasteiger partial charge in [-0.3, -0.25) is 4.79 Å². The summed E-state index contributed by atoms with van der Waals surface area (Å²) in [5.74, 6) is 0.134. The van der Waals surface area contributed by atoms with Crippen molar-refractivity contribution in [1.82, 2.24) is 4.98 Å². The largest absolute Gasteiger partial charge is 0.407 e. The van der Waals surface area contributed by atoms with Gasteiger partial charge in [0.15, 0.2) is 0 Å². The van der Waals surface area contributed by atoms with E-state index < -0.39 is 0 Å². The fourth-order valence-electron chi connectivity index (χ4n) is 1.78. The van der Waals surface area contributed by atoms with Crippen LogP contribution in [0.25, 0.3) is 10.1 Å². The SMILES string of the molecule is CCc1c(OC(C)=O)nc(C)c2sccc12. The van der Waals surface area contributed by atoms with Gasteiger partial charge >= 0.3 is 5.97 Å². The highest BCUT2D eigenvalue weighted by Crippen LogP contribution is 2.32. The van der Waals surface area contributed by atoms with Gasteiger partial charge in [0.1, 0.15) is 0 Å². The number of hydrogen-bond donors (Lipinski definition) is 0. The Bertz CT molecular complexity index is 545. The van der Waals surface area contributed by atoms with Gasteiger partial charge < -0.3 is 4.74 Å². The molecule has 16 heavy (non-hydrogen) atoms. The van der Waals surface area contributed by atoms with Crippen LogP contribution >= 0.6 is 11.3 Å². The molecule has 4 heteroatoms. The Kier molecular flexibility index (Phi) is 2.92. The lowest BCUT2D eigenvalue weighted by molar-refractivity contribution is -0.132. The standard InChI is InChI=1S/C12H13NO2S/c1-4-9-10-5-6-16-11(10)7(2)13-12(9)15-8(3)14/h5-6H,4H2,1-3H3. The van der Waals surface area contributed by atoms with E-state index in [9.17, 15) is 4.79 Å². The highest BCUT2D eigenvalue weighted by atomic mass is 32.1. The van der Waals surface area contributed by atoms with Crippen molar-refractivity contribution in [3.63, 3.8) is 0 Å². The highest BCUT2D eigenvalue weighted by molar-refractivity contribution is 7.17. The Labute approximate surface area is 98.1 Å². The number of hydrogen-bond acceptors (Lipinski definition) is 4. The molecule has 2 rings (SSSR count). The van der Waals surface area contributed by atoms with E-state index in [0.717, 1.165) is 23.1 Å². The molecule has 0 aliphatic heterocycles. The minimum Gasteiger partial charge on any atom is -0.407 e. The van der Waals surface area contributed by atoms with Gasteiger partial charge in [0.05, 0.1) is 10.4 Å². The summed E-state index contributed by atoms with van der Waals surface area (Å²) in [4.78, 5) is 15.4. The average Bonchev–Trinajstić information content (AvgIpc) is 2.66. The fourth-order valence-corrected chi connectivity index (χ4v) is 2.65. The predicted molar refractivity (Wildman–Crippen MR) is 65.0 cm³/mol. The van der Waals surface area contributed by atoms with E-state index in [-0.39, 0.29) is 5.97 Å². The molecule has 0 spiro atoms. The van der Waals surface area contributed by atoms with Crippen LogP contribution in [-0.2, 0) is 11.2 Å². The van der Waals surface area contributed by atoms with Crippen LogP contribution in [-0.4, -0.2) is 11.0 Å². The third-order valence-electron chi connectivity index (χ3n) is 2.44. The summed E-state index contributed by atoms with van der Waals surface area (Å²) in [6, 6.07) is 2.06. The maximum Gasteiger partial charge on any atom is 0.309 e. The second-order valence-electron chi connectivity index (χ2n) is 3.59. The number of nitrogens with zero attached hydrogens (tertiary/aromatic N) is 1. The van der Waals surface area contributed by atoms with E-state index in [4.69, 9.17) is 4.74 Å². The second kappa shape index (κ2) is 4.22. The molecule has 0 N–H and O–H groups in total. The van der Waals surface area contributed by atoms with E-state index >= 15 is 0 Å².